The third-order valence-electron chi connectivity index (χ3n) is 3.52. The Morgan fingerprint density at radius 2 is 2.09 bits per heavy atom. The third-order valence-corrected chi connectivity index (χ3v) is 5.27. The lowest BCUT2D eigenvalue weighted by atomic mass is 10.1. The fourth-order valence-corrected chi connectivity index (χ4v) is 4.09. The summed E-state index contributed by atoms with van der Waals surface area (Å²) in [6, 6.07) is 7.87. The van der Waals surface area contributed by atoms with Crippen molar-refractivity contribution in [3.8, 4) is 11.3 Å². The lowest BCUT2D eigenvalue weighted by molar-refractivity contribution is -0.117. The summed E-state index contributed by atoms with van der Waals surface area (Å²) in [5, 5.41) is 3.20. The van der Waals surface area contributed by atoms with Gasteiger partial charge in [-0.15, -0.1) is 11.3 Å². The van der Waals surface area contributed by atoms with Crippen molar-refractivity contribution in [2.45, 2.75) is 25.5 Å². The van der Waals surface area contributed by atoms with Crippen LogP contribution in [0.1, 0.15) is 18.4 Å². The molecular formula is C16H16N2O2S2. The number of rotatable bonds is 3. The molecule has 0 spiro atoms. The van der Waals surface area contributed by atoms with Gasteiger partial charge in [-0.25, -0.2) is 4.98 Å². The van der Waals surface area contributed by atoms with Gasteiger partial charge in [-0.3, -0.25) is 9.59 Å². The van der Waals surface area contributed by atoms with Crippen LogP contribution in [0.2, 0.25) is 0 Å². The van der Waals surface area contributed by atoms with E-state index < -0.39 is 0 Å². The molecule has 2 aromatic rings. The molecule has 0 radical (unpaired) electrons. The van der Waals surface area contributed by atoms with Gasteiger partial charge in [0.1, 0.15) is 0 Å². The van der Waals surface area contributed by atoms with E-state index in [4.69, 9.17) is 0 Å². The summed E-state index contributed by atoms with van der Waals surface area (Å²) < 4.78 is 0. The summed E-state index contributed by atoms with van der Waals surface area (Å²) in [6.45, 7) is 4.12. The summed E-state index contributed by atoms with van der Waals surface area (Å²) in [5.41, 5.74) is 2.90. The maximum Gasteiger partial charge on any atom is 0.228 e. The minimum atomic E-state index is 0.0610. The number of benzene rings is 1. The summed E-state index contributed by atoms with van der Waals surface area (Å²) in [5.74, 6) is 0.0796. The van der Waals surface area contributed by atoms with Gasteiger partial charge < -0.3 is 4.90 Å². The molecule has 4 nitrogen and oxygen atoms in total. The van der Waals surface area contributed by atoms with E-state index >= 15 is 0 Å². The van der Waals surface area contributed by atoms with E-state index in [-0.39, 0.29) is 16.3 Å². The van der Waals surface area contributed by atoms with E-state index in [1.807, 2.05) is 36.6 Å². The molecule has 1 aromatic heterocycles. The van der Waals surface area contributed by atoms with Crippen LogP contribution in [0.3, 0.4) is 0 Å². The monoisotopic (exact) mass is 332 g/mol. The van der Waals surface area contributed by atoms with E-state index in [2.05, 4.69) is 4.98 Å². The molecule has 1 fully saturated rings. The number of carbonyl (C=O) groups is 2. The standard InChI is InChI=1S/C16H16N2O2S2/c1-10-17-15(9-21-10)12-3-5-13(6-4-12)18-8-14(7-16(18)20)22-11(2)19/h3-6,9,14H,7-8H2,1-2H3. The van der Waals surface area contributed by atoms with Crippen LogP contribution in [0.25, 0.3) is 11.3 Å². The van der Waals surface area contributed by atoms with E-state index in [9.17, 15) is 9.59 Å². The summed E-state index contributed by atoms with van der Waals surface area (Å²) >= 11 is 2.88. The zero-order chi connectivity index (χ0) is 15.7. The number of thiazole rings is 1. The van der Waals surface area contributed by atoms with Crippen LogP contribution in [-0.4, -0.2) is 27.8 Å². The predicted octanol–water partition coefficient (Wildman–Crippen LogP) is 3.50. The molecule has 1 saturated heterocycles. The highest BCUT2D eigenvalue weighted by Gasteiger charge is 2.31. The summed E-state index contributed by atoms with van der Waals surface area (Å²) in [4.78, 5) is 29.5. The zero-order valence-electron chi connectivity index (χ0n) is 12.4. The van der Waals surface area contributed by atoms with Crippen molar-refractivity contribution in [2.24, 2.45) is 0 Å². The highest BCUT2D eigenvalue weighted by Crippen LogP contribution is 2.30. The van der Waals surface area contributed by atoms with Crippen LogP contribution in [0.15, 0.2) is 29.6 Å². The Kier molecular flexibility index (Phi) is 4.31. The number of carbonyl (C=O) groups excluding carboxylic acids is 2. The first-order valence-electron chi connectivity index (χ1n) is 7.03. The average Bonchev–Trinajstić information content (AvgIpc) is 3.05. The van der Waals surface area contributed by atoms with Crippen molar-refractivity contribution in [3.63, 3.8) is 0 Å². The van der Waals surface area contributed by atoms with E-state index in [0.29, 0.717) is 13.0 Å². The molecule has 0 N–H and O–H groups in total. The Balaban J connectivity index is 1.75. The van der Waals surface area contributed by atoms with Gasteiger partial charge in [-0.1, -0.05) is 23.9 Å². The SMILES string of the molecule is CC(=O)SC1CC(=O)N(c2ccc(-c3csc(C)n3)cc2)C1. The molecule has 0 aliphatic carbocycles. The smallest absolute Gasteiger partial charge is 0.228 e. The fourth-order valence-electron chi connectivity index (χ4n) is 2.55. The molecule has 3 rings (SSSR count). The maximum absolute atomic E-state index is 12.1. The molecule has 1 amide bonds. The highest BCUT2D eigenvalue weighted by atomic mass is 32.2. The predicted molar refractivity (Wildman–Crippen MR) is 91.3 cm³/mol. The largest absolute Gasteiger partial charge is 0.311 e. The molecule has 114 valence electrons. The van der Waals surface area contributed by atoms with Crippen LogP contribution in [0.4, 0.5) is 5.69 Å². The molecule has 1 aliphatic heterocycles. The van der Waals surface area contributed by atoms with Crippen molar-refractivity contribution < 1.29 is 9.59 Å². The maximum atomic E-state index is 12.1. The Morgan fingerprint density at radius 3 is 2.68 bits per heavy atom. The van der Waals surface area contributed by atoms with Crippen molar-refractivity contribution in [1.29, 1.82) is 0 Å². The Labute approximate surface area is 137 Å². The second-order valence-electron chi connectivity index (χ2n) is 5.24. The number of anilines is 1. The van der Waals surface area contributed by atoms with Gasteiger partial charge in [-0.2, -0.15) is 0 Å². The number of hydrogen-bond donors (Lipinski definition) is 0. The minimum Gasteiger partial charge on any atom is -0.311 e. The second-order valence-corrected chi connectivity index (χ2v) is 7.78. The van der Waals surface area contributed by atoms with Crippen molar-refractivity contribution in [2.75, 3.05) is 11.4 Å². The van der Waals surface area contributed by atoms with Crippen LogP contribution in [0, 0.1) is 6.92 Å². The average molecular weight is 332 g/mol. The van der Waals surface area contributed by atoms with Crippen molar-refractivity contribution >= 4 is 39.8 Å². The van der Waals surface area contributed by atoms with Gasteiger partial charge in [0, 0.05) is 41.8 Å². The molecular weight excluding hydrogens is 316 g/mol. The van der Waals surface area contributed by atoms with Crippen molar-refractivity contribution in [1.82, 2.24) is 4.98 Å². The first-order chi connectivity index (χ1) is 10.5. The number of nitrogens with zero attached hydrogens (tertiary/aromatic N) is 2. The number of aromatic nitrogens is 1. The topological polar surface area (TPSA) is 50.3 Å². The molecule has 22 heavy (non-hydrogen) atoms. The van der Waals surface area contributed by atoms with Gasteiger partial charge in [0.25, 0.3) is 0 Å². The van der Waals surface area contributed by atoms with Gasteiger partial charge in [-0.05, 0) is 19.1 Å². The first kappa shape index (κ1) is 15.2. The summed E-state index contributed by atoms with van der Waals surface area (Å²) in [7, 11) is 0. The first-order valence-corrected chi connectivity index (χ1v) is 8.79. The van der Waals surface area contributed by atoms with Crippen LogP contribution in [-0.2, 0) is 9.59 Å². The van der Waals surface area contributed by atoms with Gasteiger partial charge in [0.05, 0.1) is 10.7 Å². The zero-order valence-corrected chi connectivity index (χ0v) is 14.0. The minimum absolute atomic E-state index is 0.0610. The molecule has 1 aromatic carbocycles. The number of hydrogen-bond acceptors (Lipinski definition) is 5. The second kappa shape index (κ2) is 6.22. The third kappa shape index (κ3) is 3.23. The van der Waals surface area contributed by atoms with Gasteiger partial charge in [0.15, 0.2) is 5.12 Å². The molecule has 6 heteroatoms. The van der Waals surface area contributed by atoms with E-state index in [1.165, 1.54) is 11.8 Å². The normalized spacial score (nSPS) is 18.0. The Bertz CT molecular complexity index is 709. The van der Waals surface area contributed by atoms with Crippen LogP contribution in [0.5, 0.6) is 0 Å². The van der Waals surface area contributed by atoms with Gasteiger partial charge >= 0.3 is 0 Å². The molecule has 1 aliphatic rings. The molecule has 0 saturated carbocycles. The van der Waals surface area contributed by atoms with Crippen molar-refractivity contribution in [3.05, 3.63) is 34.7 Å². The fraction of sp³-hybridized carbons (Fsp3) is 0.312. The van der Waals surface area contributed by atoms with Gasteiger partial charge in [0.2, 0.25) is 5.91 Å². The molecule has 1 atom stereocenters. The molecule has 1 unspecified atom stereocenters. The van der Waals surface area contributed by atoms with Crippen LogP contribution >= 0.6 is 23.1 Å². The number of thioether (sulfide) groups is 1. The van der Waals surface area contributed by atoms with E-state index in [0.717, 1.165) is 22.0 Å². The number of amides is 1. The highest BCUT2D eigenvalue weighted by molar-refractivity contribution is 8.14. The lowest BCUT2D eigenvalue weighted by Crippen LogP contribution is -2.24. The van der Waals surface area contributed by atoms with E-state index in [1.54, 1.807) is 23.2 Å². The number of aryl methyl sites for hydroxylation is 1. The lowest BCUT2D eigenvalue weighted by Gasteiger charge is -2.16. The summed E-state index contributed by atoms with van der Waals surface area (Å²) in [6.07, 6.45) is 0.428. The Morgan fingerprint density at radius 1 is 1.36 bits per heavy atom. The quantitative estimate of drug-likeness (QED) is 0.863. The van der Waals surface area contributed by atoms with Crippen LogP contribution < -0.4 is 4.90 Å². The molecule has 2 heterocycles. The Hall–Kier alpha value is -1.66. The molecule has 0 bridgehead atoms.